The van der Waals surface area contributed by atoms with Crippen LogP contribution in [0.25, 0.3) is 5.69 Å². The summed E-state index contributed by atoms with van der Waals surface area (Å²) in [7, 11) is 0. The van der Waals surface area contributed by atoms with E-state index in [4.69, 9.17) is 0 Å². The van der Waals surface area contributed by atoms with Crippen LogP contribution in [0.3, 0.4) is 0 Å². The second kappa shape index (κ2) is 16.3. The summed E-state index contributed by atoms with van der Waals surface area (Å²) < 4.78 is 1.71. The Morgan fingerprint density at radius 2 is 1.35 bits per heavy atom. The van der Waals surface area contributed by atoms with Crippen molar-refractivity contribution < 1.29 is 14.4 Å². The molecule has 1 aromatic heterocycles. The molecule has 3 aromatic carbocycles. The van der Waals surface area contributed by atoms with Gasteiger partial charge in [-0.2, -0.15) is 0 Å². The minimum absolute atomic E-state index is 0.00823. The first-order chi connectivity index (χ1) is 24.8. The number of rotatable bonds is 13. The lowest BCUT2D eigenvalue weighted by Gasteiger charge is -2.40. The van der Waals surface area contributed by atoms with E-state index in [9.17, 15) is 14.4 Å². The Balaban J connectivity index is 0.943. The maximum atomic E-state index is 12.7. The second-order valence-electron chi connectivity index (χ2n) is 13.7. The predicted octanol–water partition coefficient (Wildman–Crippen LogP) is 6.61. The molecule has 0 spiro atoms. The first-order valence-electron chi connectivity index (χ1n) is 18.4. The third-order valence-corrected chi connectivity index (χ3v) is 10.0. The number of hydrogen-bond donors (Lipinski definition) is 3. The van der Waals surface area contributed by atoms with Gasteiger partial charge in [0.25, 0.3) is 0 Å². The topological polar surface area (TPSA) is 124 Å². The molecule has 51 heavy (non-hydrogen) atoms. The highest BCUT2D eigenvalue weighted by Gasteiger charge is 2.34. The van der Waals surface area contributed by atoms with E-state index in [-0.39, 0.29) is 41.9 Å². The van der Waals surface area contributed by atoms with E-state index in [1.165, 1.54) is 0 Å². The molecule has 3 N–H and O–H groups in total. The number of amides is 3. The molecule has 0 bridgehead atoms. The zero-order chi connectivity index (χ0) is 35.9. The lowest BCUT2D eigenvalue weighted by Crippen LogP contribution is -2.45. The number of nitrogens with zero attached hydrogens (tertiary/aromatic N) is 5. The monoisotopic (exact) mass is 690 g/mol. The van der Waals surface area contributed by atoms with Gasteiger partial charge < -0.3 is 25.8 Å². The summed E-state index contributed by atoms with van der Waals surface area (Å²) in [5.74, 6) is 0.289. The van der Waals surface area contributed by atoms with Crippen LogP contribution in [0.1, 0.15) is 102 Å². The highest BCUT2D eigenvalue weighted by molar-refractivity contribution is 5.96. The van der Waals surface area contributed by atoms with Gasteiger partial charge >= 0.3 is 0 Å². The molecular weight excluding hydrogens is 640 g/mol. The zero-order valence-corrected chi connectivity index (χ0v) is 30.1. The van der Waals surface area contributed by atoms with Crippen LogP contribution in [0.15, 0.2) is 79.0 Å². The molecule has 0 saturated heterocycles. The van der Waals surface area contributed by atoms with Crippen LogP contribution in [0.5, 0.6) is 0 Å². The Labute approximate surface area is 300 Å². The van der Waals surface area contributed by atoms with Crippen molar-refractivity contribution in [1.82, 2.24) is 25.6 Å². The van der Waals surface area contributed by atoms with Gasteiger partial charge in [-0.1, -0.05) is 55.5 Å². The number of unbranched alkanes of at least 4 members (excludes halogenated alkanes) is 1. The molecule has 4 aromatic rings. The van der Waals surface area contributed by atoms with Gasteiger partial charge in [-0.05, 0) is 93.6 Å². The van der Waals surface area contributed by atoms with Gasteiger partial charge in [-0.25, -0.2) is 4.68 Å². The Morgan fingerprint density at radius 1 is 0.765 bits per heavy atom. The normalized spacial score (nSPS) is 19.6. The third kappa shape index (κ3) is 8.14. The summed E-state index contributed by atoms with van der Waals surface area (Å²) in [6, 6.07) is 24.8. The van der Waals surface area contributed by atoms with Gasteiger partial charge in [0.1, 0.15) is 5.69 Å². The number of carbonyl (C=O) groups is 3. The van der Waals surface area contributed by atoms with Gasteiger partial charge in [-0.15, -0.1) is 5.10 Å². The molecule has 4 atom stereocenters. The van der Waals surface area contributed by atoms with Crippen LogP contribution in [0.4, 0.5) is 17.1 Å². The summed E-state index contributed by atoms with van der Waals surface area (Å²) in [6.07, 6.45) is 6.58. The third-order valence-electron chi connectivity index (χ3n) is 10.0. The Bertz CT molecular complexity index is 1820. The fraction of sp³-hybridized carbons (Fsp3) is 0.425. The Morgan fingerprint density at radius 3 is 1.98 bits per heavy atom. The molecule has 0 radical (unpaired) electrons. The molecule has 0 unspecified atom stereocenters. The van der Waals surface area contributed by atoms with Crippen molar-refractivity contribution in [3.05, 3.63) is 95.8 Å². The van der Waals surface area contributed by atoms with Crippen LogP contribution in [-0.4, -0.2) is 51.3 Å². The molecule has 2 aliphatic heterocycles. The first-order valence-corrected chi connectivity index (χ1v) is 18.4. The van der Waals surface area contributed by atoms with Gasteiger partial charge in [0.05, 0.1) is 24.5 Å². The second-order valence-corrected chi connectivity index (χ2v) is 13.7. The largest absolute Gasteiger partial charge is 0.378 e. The number of benzene rings is 3. The highest BCUT2D eigenvalue weighted by atomic mass is 16.2. The molecule has 3 amide bonds. The fourth-order valence-electron chi connectivity index (χ4n) is 7.44. The number of carbonyl (C=O) groups excluding carboxylic acids is 3. The van der Waals surface area contributed by atoms with Crippen molar-refractivity contribution in [3.63, 3.8) is 0 Å². The van der Waals surface area contributed by atoms with Crippen LogP contribution >= 0.6 is 0 Å². The van der Waals surface area contributed by atoms with Crippen molar-refractivity contribution in [3.8, 4) is 5.69 Å². The molecule has 0 fully saturated rings. The molecule has 0 aliphatic carbocycles. The smallest absolute Gasteiger partial charge is 0.226 e. The maximum absolute atomic E-state index is 12.7. The molecule has 3 heterocycles. The maximum Gasteiger partial charge on any atom is 0.226 e. The summed E-state index contributed by atoms with van der Waals surface area (Å²) in [5, 5.41) is 18.9. The van der Waals surface area contributed by atoms with E-state index in [0.717, 1.165) is 66.1 Å². The van der Waals surface area contributed by atoms with Crippen LogP contribution in [-0.2, 0) is 20.9 Å². The molecule has 6 rings (SSSR count). The van der Waals surface area contributed by atoms with E-state index in [1.54, 1.807) is 4.68 Å². The van der Waals surface area contributed by atoms with Crippen molar-refractivity contribution in [2.45, 2.75) is 103 Å². The summed E-state index contributed by atoms with van der Waals surface area (Å²) in [6.45, 7) is 9.15. The lowest BCUT2D eigenvalue weighted by molar-refractivity contribution is -0.121. The van der Waals surface area contributed by atoms with Crippen molar-refractivity contribution in [2.75, 3.05) is 21.7 Å². The number of anilines is 3. The zero-order valence-electron chi connectivity index (χ0n) is 30.1. The fourth-order valence-corrected chi connectivity index (χ4v) is 7.44. The first kappa shape index (κ1) is 35.8. The molecule has 268 valence electrons. The van der Waals surface area contributed by atoms with Gasteiger partial charge in [0, 0.05) is 54.5 Å². The average Bonchev–Trinajstić information content (AvgIpc) is 3.63. The molecule has 11 nitrogen and oxygen atoms in total. The molecule has 0 saturated carbocycles. The molecular formula is C40H50N8O3. The summed E-state index contributed by atoms with van der Waals surface area (Å²) >= 11 is 0. The summed E-state index contributed by atoms with van der Waals surface area (Å²) in [4.78, 5) is 41.8. The minimum atomic E-state index is -0.00823. The van der Waals surface area contributed by atoms with Gasteiger partial charge in [0.2, 0.25) is 17.7 Å². The average molecular weight is 691 g/mol. The standard InChI is InChI=1S/C40H50N8O3/c1-5-39(50)47-27(3)23-34(32-13-7-9-15-36(32)47)41-22-12-11-17-38(49)42-25-30-26-46(45-44-30)31-20-18-29(19-21-31)43-35-24-28(4)48(40(51)6-2)37-16-10-8-14-33(35)37/h7-10,13-16,18-21,26-28,34-35,41,43H,5-6,11-12,17,22-25H2,1-4H3,(H,42,49)/t27-,28-,34+,35+/m0/s1. The number of aromatic nitrogens is 3. The molecule has 11 heteroatoms. The minimum Gasteiger partial charge on any atom is -0.378 e. The van der Waals surface area contributed by atoms with E-state index in [2.05, 4.69) is 52.2 Å². The van der Waals surface area contributed by atoms with E-state index >= 15 is 0 Å². The number of nitrogens with one attached hydrogen (secondary N) is 3. The lowest BCUT2D eigenvalue weighted by atomic mass is 9.91. The highest BCUT2D eigenvalue weighted by Crippen LogP contribution is 2.40. The quantitative estimate of drug-likeness (QED) is 0.135. The van der Waals surface area contributed by atoms with Gasteiger partial charge in [0.15, 0.2) is 0 Å². The number of fused-ring (bicyclic) bond motifs is 2. The number of para-hydroxylation sites is 2. The van der Waals surface area contributed by atoms with Crippen molar-refractivity contribution >= 4 is 34.8 Å². The van der Waals surface area contributed by atoms with E-state index in [1.807, 2.05) is 90.5 Å². The van der Waals surface area contributed by atoms with Crippen LogP contribution in [0, 0.1) is 0 Å². The Hall–Kier alpha value is -5.03. The van der Waals surface area contributed by atoms with Crippen molar-refractivity contribution in [1.29, 1.82) is 0 Å². The van der Waals surface area contributed by atoms with Crippen molar-refractivity contribution in [2.24, 2.45) is 0 Å². The SMILES string of the molecule is CCC(=O)N1c2ccccc2[C@H](NCCCCC(=O)NCc2cn(-c3ccc(N[C@@H]4C[C@H](C)N(C(=O)CC)c5ccccc54)cc3)nn2)C[C@@H]1C. The number of hydrogen-bond acceptors (Lipinski definition) is 7. The predicted molar refractivity (Wildman–Crippen MR) is 201 cm³/mol. The van der Waals surface area contributed by atoms with E-state index in [0.29, 0.717) is 31.5 Å². The van der Waals surface area contributed by atoms with Crippen LogP contribution < -0.4 is 25.8 Å². The van der Waals surface area contributed by atoms with Gasteiger partial charge in [-0.3, -0.25) is 14.4 Å². The van der Waals surface area contributed by atoms with E-state index < -0.39 is 0 Å². The summed E-state index contributed by atoms with van der Waals surface area (Å²) in [5.41, 5.74) is 6.81. The molecule has 2 aliphatic rings. The Kier molecular flexibility index (Phi) is 11.5. The van der Waals surface area contributed by atoms with Crippen LogP contribution in [0.2, 0.25) is 0 Å².